The lowest BCUT2D eigenvalue weighted by Gasteiger charge is -2.11. The summed E-state index contributed by atoms with van der Waals surface area (Å²) in [6, 6.07) is 10.9. The van der Waals surface area contributed by atoms with Crippen molar-refractivity contribution in [1.82, 2.24) is 29.5 Å². The third-order valence-corrected chi connectivity index (χ3v) is 6.30. The molecule has 1 aliphatic carbocycles. The molecule has 0 bridgehead atoms. The molecule has 0 spiro atoms. The SMILES string of the molecule is Cc1nn(-c2cc(Nc3c(C)c(-c4ccc(C#N)cc4)nn3CC3CC3)ncn2)c(C)c1C(F)(F)F. The summed E-state index contributed by atoms with van der Waals surface area (Å²) in [6.07, 6.45) is -0.933. The molecule has 0 saturated heterocycles. The number of rotatable bonds is 6. The number of hydrogen-bond donors (Lipinski definition) is 1. The van der Waals surface area contributed by atoms with Crippen molar-refractivity contribution >= 4 is 11.6 Å². The van der Waals surface area contributed by atoms with Crippen molar-refractivity contribution in [2.75, 3.05) is 5.32 Å². The minimum atomic E-state index is -4.51. The third kappa shape index (κ3) is 4.42. The monoisotopic (exact) mass is 492 g/mol. The van der Waals surface area contributed by atoms with E-state index >= 15 is 0 Å². The largest absolute Gasteiger partial charge is 0.419 e. The zero-order chi connectivity index (χ0) is 25.6. The first kappa shape index (κ1) is 23.5. The van der Waals surface area contributed by atoms with Crippen LogP contribution < -0.4 is 5.32 Å². The fourth-order valence-electron chi connectivity index (χ4n) is 4.29. The average molecular weight is 493 g/mol. The Morgan fingerprint density at radius 1 is 1.08 bits per heavy atom. The zero-order valence-electron chi connectivity index (χ0n) is 19.9. The van der Waals surface area contributed by atoms with Gasteiger partial charge in [0.15, 0.2) is 5.82 Å². The molecule has 0 radical (unpaired) electrons. The summed E-state index contributed by atoms with van der Waals surface area (Å²) < 4.78 is 43.5. The number of nitrogens with one attached hydrogen (secondary N) is 1. The molecule has 36 heavy (non-hydrogen) atoms. The maximum absolute atomic E-state index is 13.5. The summed E-state index contributed by atoms with van der Waals surface area (Å²) in [5.74, 6) is 1.93. The Bertz CT molecular complexity index is 1470. The number of nitrogens with zero attached hydrogens (tertiary/aromatic N) is 7. The Morgan fingerprint density at radius 3 is 2.42 bits per heavy atom. The summed E-state index contributed by atoms with van der Waals surface area (Å²) in [5.41, 5.74) is 2.21. The van der Waals surface area contributed by atoms with E-state index in [1.807, 2.05) is 23.7 Å². The van der Waals surface area contributed by atoms with Crippen LogP contribution in [-0.2, 0) is 12.7 Å². The Labute approximate surface area is 205 Å². The van der Waals surface area contributed by atoms with Crippen LogP contribution in [-0.4, -0.2) is 29.5 Å². The minimum absolute atomic E-state index is 0.0392. The molecule has 5 rings (SSSR count). The molecule has 1 saturated carbocycles. The van der Waals surface area contributed by atoms with Gasteiger partial charge in [0.25, 0.3) is 0 Å². The van der Waals surface area contributed by atoms with Gasteiger partial charge in [-0.1, -0.05) is 12.1 Å². The van der Waals surface area contributed by atoms with E-state index < -0.39 is 11.7 Å². The fourth-order valence-corrected chi connectivity index (χ4v) is 4.29. The van der Waals surface area contributed by atoms with E-state index in [4.69, 9.17) is 10.4 Å². The Hall–Kier alpha value is -4.20. The molecule has 0 atom stereocenters. The van der Waals surface area contributed by atoms with Crippen LogP contribution in [0.4, 0.5) is 24.8 Å². The van der Waals surface area contributed by atoms with E-state index in [0.717, 1.165) is 42.0 Å². The lowest BCUT2D eigenvalue weighted by molar-refractivity contribution is -0.138. The van der Waals surface area contributed by atoms with Crippen molar-refractivity contribution < 1.29 is 13.2 Å². The molecular formula is C25H23F3N8. The fraction of sp³-hybridized carbons (Fsp3) is 0.320. The predicted molar refractivity (Wildman–Crippen MR) is 127 cm³/mol. The highest BCUT2D eigenvalue weighted by molar-refractivity contribution is 5.72. The molecule has 1 fully saturated rings. The molecule has 1 N–H and O–H groups in total. The highest BCUT2D eigenvalue weighted by Gasteiger charge is 2.37. The van der Waals surface area contributed by atoms with Crippen LogP contribution in [0.1, 0.15) is 40.9 Å². The summed E-state index contributed by atoms with van der Waals surface area (Å²) >= 11 is 0. The Kier molecular flexibility index (Phi) is 5.74. The zero-order valence-corrected chi connectivity index (χ0v) is 19.9. The molecule has 0 amide bonds. The van der Waals surface area contributed by atoms with Gasteiger partial charge in [0.1, 0.15) is 18.0 Å². The summed E-state index contributed by atoms with van der Waals surface area (Å²) in [4.78, 5) is 8.44. The number of nitriles is 1. The number of anilines is 2. The molecule has 3 aromatic heterocycles. The van der Waals surface area contributed by atoms with Crippen LogP contribution in [0.5, 0.6) is 0 Å². The van der Waals surface area contributed by atoms with Crippen LogP contribution in [0.3, 0.4) is 0 Å². The number of aryl methyl sites for hydroxylation is 1. The maximum Gasteiger partial charge on any atom is 0.419 e. The number of aromatic nitrogens is 6. The van der Waals surface area contributed by atoms with Gasteiger partial charge in [-0.05, 0) is 51.7 Å². The Balaban J connectivity index is 1.51. The van der Waals surface area contributed by atoms with E-state index in [2.05, 4.69) is 26.5 Å². The van der Waals surface area contributed by atoms with Gasteiger partial charge in [0.05, 0.1) is 34.3 Å². The molecule has 0 aliphatic heterocycles. The third-order valence-electron chi connectivity index (χ3n) is 6.30. The van der Waals surface area contributed by atoms with Gasteiger partial charge >= 0.3 is 6.18 Å². The van der Waals surface area contributed by atoms with Crippen LogP contribution in [0.2, 0.25) is 0 Å². The van der Waals surface area contributed by atoms with Gasteiger partial charge in [0, 0.05) is 23.7 Å². The lowest BCUT2D eigenvalue weighted by Crippen LogP contribution is -2.10. The molecule has 184 valence electrons. The topological polar surface area (TPSA) is 97.2 Å². The summed E-state index contributed by atoms with van der Waals surface area (Å²) in [7, 11) is 0. The first-order chi connectivity index (χ1) is 17.2. The minimum Gasteiger partial charge on any atom is -0.325 e. The molecule has 1 aromatic carbocycles. The standard InChI is InChI=1S/C25H23F3N8/c1-14-23(19-8-6-17(11-29)7-9-19)34-35(12-18-4-5-18)24(14)32-20-10-21(31-13-30-20)36-16(3)22(15(2)33-36)25(26,27)28/h6-10,13,18H,4-5,12H2,1-3H3,(H,30,31,32). The predicted octanol–water partition coefficient (Wildman–Crippen LogP) is 5.50. The van der Waals surface area contributed by atoms with Crippen LogP contribution in [0.25, 0.3) is 17.1 Å². The second kappa shape index (κ2) is 8.78. The van der Waals surface area contributed by atoms with Gasteiger partial charge in [-0.2, -0.15) is 28.6 Å². The molecular weight excluding hydrogens is 469 g/mol. The van der Waals surface area contributed by atoms with Crippen LogP contribution >= 0.6 is 0 Å². The molecule has 8 nitrogen and oxygen atoms in total. The molecule has 4 aromatic rings. The number of halogens is 3. The average Bonchev–Trinajstić information content (AvgIpc) is 3.54. The summed E-state index contributed by atoms with van der Waals surface area (Å²) in [6.45, 7) is 5.39. The first-order valence-electron chi connectivity index (χ1n) is 11.5. The molecule has 0 unspecified atom stereocenters. The first-order valence-corrected chi connectivity index (χ1v) is 11.5. The van der Waals surface area contributed by atoms with Crippen LogP contribution in [0, 0.1) is 38.0 Å². The molecule has 3 heterocycles. The van der Waals surface area contributed by atoms with Crippen molar-refractivity contribution in [3.05, 3.63) is 64.7 Å². The number of hydrogen-bond acceptors (Lipinski definition) is 6. The van der Waals surface area contributed by atoms with E-state index in [0.29, 0.717) is 17.3 Å². The van der Waals surface area contributed by atoms with Crippen LogP contribution in [0.15, 0.2) is 36.7 Å². The lowest BCUT2D eigenvalue weighted by atomic mass is 10.1. The molecule has 1 aliphatic rings. The van der Waals surface area contributed by atoms with Gasteiger partial charge in [-0.15, -0.1) is 0 Å². The summed E-state index contributed by atoms with van der Waals surface area (Å²) in [5, 5.41) is 21.3. The van der Waals surface area contributed by atoms with Crippen molar-refractivity contribution in [3.63, 3.8) is 0 Å². The van der Waals surface area contributed by atoms with Crippen molar-refractivity contribution in [3.8, 4) is 23.1 Å². The normalized spacial score (nSPS) is 13.6. The van der Waals surface area contributed by atoms with Gasteiger partial charge in [-0.25, -0.2) is 19.3 Å². The number of alkyl halides is 3. The quantitative estimate of drug-likeness (QED) is 0.382. The van der Waals surface area contributed by atoms with Gasteiger partial charge < -0.3 is 5.32 Å². The van der Waals surface area contributed by atoms with E-state index in [1.54, 1.807) is 18.2 Å². The molecule has 11 heteroatoms. The van der Waals surface area contributed by atoms with Crippen molar-refractivity contribution in [2.24, 2.45) is 5.92 Å². The van der Waals surface area contributed by atoms with Gasteiger partial charge in [-0.3, -0.25) is 0 Å². The van der Waals surface area contributed by atoms with E-state index in [1.165, 1.54) is 24.9 Å². The highest BCUT2D eigenvalue weighted by atomic mass is 19.4. The number of benzene rings is 1. The second-order valence-electron chi connectivity index (χ2n) is 8.98. The van der Waals surface area contributed by atoms with Gasteiger partial charge in [0.2, 0.25) is 0 Å². The Morgan fingerprint density at radius 2 is 1.81 bits per heavy atom. The van der Waals surface area contributed by atoms with Crippen molar-refractivity contribution in [1.29, 1.82) is 5.26 Å². The maximum atomic E-state index is 13.5. The highest BCUT2D eigenvalue weighted by Crippen LogP contribution is 2.37. The smallest absolute Gasteiger partial charge is 0.325 e. The van der Waals surface area contributed by atoms with Crippen molar-refractivity contribution in [2.45, 2.75) is 46.3 Å². The second-order valence-corrected chi connectivity index (χ2v) is 8.98. The van der Waals surface area contributed by atoms with E-state index in [9.17, 15) is 13.2 Å². The van der Waals surface area contributed by atoms with E-state index in [-0.39, 0.29) is 17.2 Å².